The van der Waals surface area contributed by atoms with Crippen LogP contribution in [0, 0.1) is 0 Å². The van der Waals surface area contributed by atoms with Crippen molar-refractivity contribution in [1.29, 1.82) is 0 Å². The molecule has 9 fully saturated rings. The fourth-order valence-electron chi connectivity index (χ4n) is 14.9. The lowest BCUT2D eigenvalue weighted by Gasteiger charge is -2.52. The second-order valence-electron chi connectivity index (χ2n) is 31.6. The SMILES string of the molecule is CC(=O)N[C@@H]1[C@@H](O)[C@H](O[C@@H]2O[C@H](CO)[C@@H](O[C@@H]3O[C@H](CO[C@H]4O[C@H](CO)[C@@H](O)[C@H](O)[C@@H]4O[C@@H]4O[C@H](CO)[C@@H](O[C@@H]5O[C@H](COP(=O)(O)OCC[N+](C)(C)C)[C@H](O)[C@H](O)[C@H]5NC(C)=O)[C@H](O[C@@H]5O[C@@H](C)[C@@H](O)[C@@H](O)[C@@H]5O)[C@H]4NC(C)=O)[C@@H](O)[C@H](O[C@H]4O[C@H](CO)[C@@H](O)[C@H](O)[C@@H]4O)[C@@H]3O)[C@H](O)[C@H]2NC(C)=O)[C@@H](CO[C@@H]2O[C@@H](C)[C@@H](O)[C@@H](O)[C@@H]2O)O[C@H]1O. The molecule has 1 unspecified atom stereocenters. The van der Waals surface area contributed by atoms with Crippen LogP contribution in [0.1, 0.15) is 41.5 Å². The van der Waals surface area contributed by atoms with E-state index in [-0.39, 0.29) is 17.6 Å². The Balaban J connectivity index is 1.03. The molecule has 9 aliphatic rings. The summed E-state index contributed by atoms with van der Waals surface area (Å²) >= 11 is 0. The van der Waals surface area contributed by atoms with E-state index < -0.39 is 354 Å². The maximum absolute atomic E-state index is 13.6. The number of rotatable bonds is 33. The van der Waals surface area contributed by atoms with Crippen LogP contribution in [0.15, 0.2) is 0 Å². The highest BCUT2D eigenvalue weighted by atomic mass is 31.2. The van der Waals surface area contributed by atoms with E-state index in [9.17, 15) is 141 Å². The summed E-state index contributed by atoms with van der Waals surface area (Å²) in [5.74, 6) is -3.68. The van der Waals surface area contributed by atoms with Gasteiger partial charge in [-0.3, -0.25) is 28.2 Å². The van der Waals surface area contributed by atoms with Crippen molar-refractivity contribution in [2.75, 3.05) is 80.5 Å². The molecule has 0 spiro atoms. The van der Waals surface area contributed by atoms with Crippen molar-refractivity contribution in [3.63, 3.8) is 0 Å². The zero-order valence-electron chi connectivity index (χ0n) is 66.3. The number of hydrogen-bond acceptors (Lipinski definition) is 46. The number of hydrogen-bond donors (Lipinski definition) is 27. The molecule has 4 amide bonds. The molecule has 696 valence electrons. The van der Waals surface area contributed by atoms with E-state index in [1.54, 1.807) is 21.1 Å². The van der Waals surface area contributed by atoms with E-state index in [0.29, 0.717) is 0 Å². The number of nitrogens with zero attached hydrogens (tertiary/aromatic N) is 1. The van der Waals surface area contributed by atoms with Gasteiger partial charge in [0.2, 0.25) is 23.6 Å². The molecule has 9 heterocycles. The molecule has 120 heavy (non-hydrogen) atoms. The second kappa shape index (κ2) is 43.0. The number of ether oxygens (including phenoxy) is 17. The van der Waals surface area contributed by atoms with Gasteiger partial charge in [-0.2, -0.15) is 0 Å². The van der Waals surface area contributed by atoms with Crippen LogP contribution in [0.5, 0.6) is 0 Å². The predicted molar refractivity (Wildman–Crippen MR) is 378 cm³/mol. The first-order valence-electron chi connectivity index (χ1n) is 38.5. The first-order valence-corrected chi connectivity index (χ1v) is 40.0. The van der Waals surface area contributed by atoms with Crippen molar-refractivity contribution in [3.8, 4) is 0 Å². The smallest absolute Gasteiger partial charge is 0.394 e. The average Bonchev–Trinajstić information content (AvgIpc) is 0.766. The van der Waals surface area contributed by atoms with E-state index in [4.69, 9.17) is 89.6 Å². The van der Waals surface area contributed by atoms with E-state index in [2.05, 4.69) is 21.3 Å². The molecule has 9 saturated heterocycles. The standard InChI is InChI=1S/C67H116N5O47P/c1-19-36(81)45(90)49(94)63(105-19)101-17-31-54(43(88)32(59(98)107-31)68-21(3)77)114-61-34(70-23(5)79)44(89)53(27(14-75)110-61)115-66-52(97)57(118-65-51(96)47(92)38(83)25(12-73)108-65)41(86)29(113-66)16-102-67-58(48(93)39(84)26(13-74)109-67)119-62-35(71-24(6)80)56(117-64-50(95)46(91)37(82)20(2)106-64)55(28(15-76)111-62)116-60-33(69-22(4)78)42(87)40(85)30(112-60)18-104-120(99,100)103-11-10-72(7,8)9/h19-20,25-67,73-76,81-98H,10-18H2,1-9H3,(H4-,68,69,70,71,77,78,79,80,99,100)/p+1/t19-,20-,25+,26+,27+,28+,29+,30+,31+,32+,33+,34+,35+,36+,37+,38+,39+,40-,41+,42+,43+,44+,45+,46+,47-,48-,49-,50-,51-,52-,53+,54+,55+,56+,57-,58-,59+,60-,61-,62-,63+,64-,65+,66-,67-/m0/s1. The monoisotopic (exact) mass is 1770 g/mol. The van der Waals surface area contributed by atoms with Gasteiger partial charge in [0.1, 0.15) is 220 Å². The molecule has 0 aromatic carbocycles. The van der Waals surface area contributed by atoms with Crippen LogP contribution in [0.3, 0.4) is 0 Å². The summed E-state index contributed by atoms with van der Waals surface area (Å²) in [5, 5.41) is 257. The molecule has 52 nitrogen and oxygen atoms in total. The quantitative estimate of drug-likeness (QED) is 0.0214. The summed E-state index contributed by atoms with van der Waals surface area (Å²) in [6.07, 6.45) is -83.6. The summed E-state index contributed by atoms with van der Waals surface area (Å²) in [6.45, 7) is -1.39. The van der Waals surface area contributed by atoms with Gasteiger partial charge in [0.15, 0.2) is 56.6 Å². The lowest BCUT2D eigenvalue weighted by Crippen LogP contribution is -2.72. The number of aliphatic hydroxyl groups is 22. The number of phosphoric acid groups is 1. The minimum absolute atomic E-state index is 0.200. The van der Waals surface area contributed by atoms with E-state index >= 15 is 0 Å². The topological polar surface area (TPSA) is 774 Å². The van der Waals surface area contributed by atoms with Gasteiger partial charge < -0.3 is 224 Å². The number of aliphatic hydroxyl groups excluding tert-OH is 22. The first kappa shape index (κ1) is 100. The Morgan fingerprint density at radius 1 is 0.317 bits per heavy atom. The number of nitrogens with one attached hydrogen (secondary N) is 4. The number of likely N-dealkylation sites (N-methyl/N-ethyl adjacent to an activating group) is 1. The molecule has 0 aromatic heterocycles. The lowest BCUT2D eigenvalue weighted by molar-refractivity contribution is -0.870. The molecular weight excluding hydrogens is 1660 g/mol. The zero-order valence-corrected chi connectivity index (χ0v) is 67.2. The highest BCUT2D eigenvalue weighted by molar-refractivity contribution is 7.47. The highest BCUT2D eigenvalue weighted by Gasteiger charge is 2.61. The van der Waals surface area contributed by atoms with Crippen molar-refractivity contribution in [1.82, 2.24) is 21.3 Å². The minimum atomic E-state index is -4.98. The fourth-order valence-corrected chi connectivity index (χ4v) is 15.6. The van der Waals surface area contributed by atoms with Crippen molar-refractivity contribution < 1.29 is 235 Å². The highest BCUT2D eigenvalue weighted by Crippen LogP contribution is 2.45. The summed E-state index contributed by atoms with van der Waals surface area (Å²) in [7, 11) is 0.286. The van der Waals surface area contributed by atoms with Gasteiger partial charge in [0, 0.05) is 27.7 Å². The summed E-state index contributed by atoms with van der Waals surface area (Å²) < 4.78 is 126. The summed E-state index contributed by atoms with van der Waals surface area (Å²) in [4.78, 5) is 62.6. The van der Waals surface area contributed by atoms with Crippen LogP contribution in [-0.2, 0) is 113 Å². The molecule has 53 heteroatoms. The Hall–Kier alpha value is -3.61. The number of carbonyl (C=O) groups is 4. The molecule has 0 saturated carbocycles. The van der Waals surface area contributed by atoms with Crippen LogP contribution >= 0.6 is 7.82 Å². The second-order valence-corrected chi connectivity index (χ2v) is 33.1. The third-order valence-electron chi connectivity index (χ3n) is 21.5. The number of amides is 4. The molecular formula is C67H117N5O47P+. The van der Waals surface area contributed by atoms with Crippen molar-refractivity contribution >= 4 is 31.5 Å². The van der Waals surface area contributed by atoms with Crippen molar-refractivity contribution in [3.05, 3.63) is 0 Å². The normalized spacial score (nSPS) is 47.1. The van der Waals surface area contributed by atoms with Gasteiger partial charge in [-0.05, 0) is 13.8 Å². The molecule has 0 bridgehead atoms. The number of quaternary nitrogens is 1. The third-order valence-corrected chi connectivity index (χ3v) is 22.5. The zero-order chi connectivity index (χ0) is 88.9. The lowest BCUT2D eigenvalue weighted by atomic mass is 9.93. The molecule has 0 radical (unpaired) electrons. The van der Waals surface area contributed by atoms with Gasteiger partial charge in [-0.1, -0.05) is 0 Å². The average molecular weight is 1780 g/mol. The Morgan fingerprint density at radius 3 is 1.23 bits per heavy atom. The maximum atomic E-state index is 13.6. The van der Waals surface area contributed by atoms with Crippen molar-refractivity contribution in [2.45, 2.75) is 318 Å². The molecule has 27 N–H and O–H groups in total. The Morgan fingerprint density at radius 2 is 0.675 bits per heavy atom. The van der Waals surface area contributed by atoms with Crippen LogP contribution in [-0.4, -0.2) is 502 Å². The Bertz CT molecular complexity index is 3300. The summed E-state index contributed by atoms with van der Waals surface area (Å²) in [6, 6.07) is -7.58. The van der Waals surface area contributed by atoms with Crippen LogP contribution in [0.2, 0.25) is 0 Å². The Kier molecular flexibility index (Phi) is 35.9. The minimum Gasteiger partial charge on any atom is -0.394 e. The van der Waals surface area contributed by atoms with E-state index in [1.165, 1.54) is 13.8 Å². The number of carbonyl (C=O) groups excluding carboxylic acids is 4. The molecule has 9 rings (SSSR count). The molecule has 46 atom stereocenters. The van der Waals surface area contributed by atoms with Gasteiger partial charge in [0.25, 0.3) is 0 Å². The van der Waals surface area contributed by atoms with E-state index in [0.717, 1.165) is 27.7 Å². The van der Waals surface area contributed by atoms with Crippen LogP contribution in [0.25, 0.3) is 0 Å². The fraction of sp³-hybridized carbons (Fsp3) is 0.940. The molecule has 0 aromatic rings. The van der Waals surface area contributed by atoms with Gasteiger partial charge in [-0.25, -0.2) is 4.57 Å². The molecule has 0 aliphatic carbocycles. The predicted octanol–water partition coefficient (Wildman–Crippen LogP) is -17.1. The third kappa shape index (κ3) is 23.8. The van der Waals surface area contributed by atoms with Crippen LogP contribution in [0.4, 0.5) is 0 Å². The molecule has 9 aliphatic heterocycles. The van der Waals surface area contributed by atoms with Gasteiger partial charge in [0.05, 0.1) is 79.6 Å². The number of phosphoric ester groups is 1. The Labute approximate surface area is 684 Å². The summed E-state index contributed by atoms with van der Waals surface area (Å²) in [5.41, 5.74) is 0. The van der Waals surface area contributed by atoms with Gasteiger partial charge >= 0.3 is 7.82 Å². The first-order chi connectivity index (χ1) is 56.2. The van der Waals surface area contributed by atoms with Crippen molar-refractivity contribution in [2.24, 2.45) is 0 Å². The largest absolute Gasteiger partial charge is 0.472 e. The maximum Gasteiger partial charge on any atom is 0.472 e. The van der Waals surface area contributed by atoms with E-state index in [1.807, 2.05) is 0 Å². The van der Waals surface area contributed by atoms with Gasteiger partial charge in [-0.15, -0.1) is 0 Å². The van der Waals surface area contributed by atoms with Crippen LogP contribution < -0.4 is 21.3 Å².